The molecular weight excluding hydrogens is 410 g/mol. The van der Waals surface area contributed by atoms with E-state index in [2.05, 4.69) is 106 Å². The third kappa shape index (κ3) is 4.73. The zero-order valence-electron chi connectivity index (χ0n) is 15.9. The van der Waals surface area contributed by atoms with Crippen LogP contribution in [0.2, 0.25) is 0 Å². The molecule has 4 rings (SSSR count). The van der Waals surface area contributed by atoms with Gasteiger partial charge in [-0.25, -0.2) is 0 Å². The number of allylic oxidation sites excluding steroid dienone is 1. The lowest BCUT2D eigenvalue weighted by Gasteiger charge is -2.29. The van der Waals surface area contributed by atoms with Crippen molar-refractivity contribution in [2.45, 2.75) is 13.0 Å². The smallest absolute Gasteiger partial charge is 0.106 e. The van der Waals surface area contributed by atoms with Crippen LogP contribution in [0.25, 0.3) is 11.1 Å². The Labute approximate surface area is 175 Å². The van der Waals surface area contributed by atoms with Gasteiger partial charge in [-0.2, -0.15) is 0 Å². The van der Waals surface area contributed by atoms with Crippen LogP contribution < -0.4 is 0 Å². The van der Waals surface area contributed by atoms with E-state index in [0.717, 1.165) is 42.9 Å². The molecule has 0 aromatic heterocycles. The Kier molecular flexibility index (Phi) is 6.25. The highest BCUT2D eigenvalue weighted by Gasteiger charge is 2.15. The SMILES string of the molecule is Brc1ccccc1-c1ccccc1C/C=C1/CN(Cc2ccccc2)CCO1. The van der Waals surface area contributed by atoms with Crippen molar-refractivity contribution in [3.63, 3.8) is 0 Å². The molecular formula is C25H24BrNO. The molecule has 0 spiro atoms. The fourth-order valence-corrected chi connectivity index (χ4v) is 4.11. The minimum atomic E-state index is 0.755. The van der Waals surface area contributed by atoms with Crippen LogP contribution in [0.15, 0.2) is 95.2 Å². The Morgan fingerprint density at radius 1 is 0.857 bits per heavy atom. The van der Waals surface area contributed by atoms with Crippen LogP contribution in [0.5, 0.6) is 0 Å². The maximum absolute atomic E-state index is 5.95. The van der Waals surface area contributed by atoms with E-state index in [-0.39, 0.29) is 0 Å². The summed E-state index contributed by atoms with van der Waals surface area (Å²) in [4.78, 5) is 2.45. The molecule has 2 nitrogen and oxygen atoms in total. The molecule has 1 aliphatic rings. The summed E-state index contributed by atoms with van der Waals surface area (Å²) in [6, 6.07) is 27.6. The van der Waals surface area contributed by atoms with Crippen LogP contribution in [0, 0.1) is 0 Å². The van der Waals surface area contributed by atoms with Crippen molar-refractivity contribution in [1.29, 1.82) is 0 Å². The molecule has 3 aromatic carbocycles. The predicted molar refractivity (Wildman–Crippen MR) is 119 cm³/mol. The zero-order valence-corrected chi connectivity index (χ0v) is 17.4. The highest BCUT2D eigenvalue weighted by atomic mass is 79.9. The molecule has 1 aliphatic heterocycles. The van der Waals surface area contributed by atoms with E-state index < -0.39 is 0 Å². The van der Waals surface area contributed by atoms with Gasteiger partial charge >= 0.3 is 0 Å². The van der Waals surface area contributed by atoms with Crippen LogP contribution >= 0.6 is 15.9 Å². The molecule has 0 unspecified atom stereocenters. The molecule has 0 aliphatic carbocycles. The van der Waals surface area contributed by atoms with E-state index in [4.69, 9.17) is 4.74 Å². The van der Waals surface area contributed by atoms with Gasteiger partial charge < -0.3 is 4.74 Å². The van der Waals surface area contributed by atoms with Crippen molar-refractivity contribution in [2.24, 2.45) is 0 Å². The van der Waals surface area contributed by atoms with Crippen molar-refractivity contribution < 1.29 is 4.74 Å². The number of benzene rings is 3. The topological polar surface area (TPSA) is 12.5 Å². The molecule has 1 fully saturated rings. The molecule has 1 saturated heterocycles. The van der Waals surface area contributed by atoms with Crippen LogP contribution in [0.4, 0.5) is 0 Å². The van der Waals surface area contributed by atoms with Crippen molar-refractivity contribution in [3.05, 3.63) is 106 Å². The maximum Gasteiger partial charge on any atom is 0.106 e. The number of nitrogens with zero attached hydrogens (tertiary/aromatic N) is 1. The van der Waals surface area contributed by atoms with E-state index in [1.807, 2.05) is 0 Å². The highest BCUT2D eigenvalue weighted by molar-refractivity contribution is 9.10. The molecule has 3 heteroatoms. The Morgan fingerprint density at radius 2 is 1.57 bits per heavy atom. The highest BCUT2D eigenvalue weighted by Crippen LogP contribution is 2.31. The number of hydrogen-bond donors (Lipinski definition) is 0. The summed E-state index contributed by atoms with van der Waals surface area (Å²) in [7, 11) is 0. The Hall–Kier alpha value is -2.36. The lowest BCUT2D eigenvalue weighted by atomic mass is 9.97. The summed E-state index contributed by atoms with van der Waals surface area (Å²) in [5.41, 5.74) is 5.16. The van der Waals surface area contributed by atoms with Gasteiger partial charge in [0.25, 0.3) is 0 Å². The van der Waals surface area contributed by atoms with E-state index >= 15 is 0 Å². The number of halogens is 1. The minimum Gasteiger partial charge on any atom is -0.496 e. The Balaban J connectivity index is 1.48. The molecule has 0 amide bonds. The molecule has 3 aromatic rings. The number of morpholine rings is 1. The van der Waals surface area contributed by atoms with Crippen molar-refractivity contribution in [3.8, 4) is 11.1 Å². The standard InChI is InChI=1S/C25H24BrNO/c26-25-13-7-6-12-24(25)23-11-5-4-10-21(23)14-15-22-19-27(16-17-28-22)18-20-8-2-1-3-9-20/h1-13,15H,14,16-19H2/b22-15-. The molecule has 142 valence electrons. The molecule has 0 atom stereocenters. The van der Waals surface area contributed by atoms with Crippen molar-refractivity contribution in [1.82, 2.24) is 4.90 Å². The van der Waals surface area contributed by atoms with Crippen LogP contribution in [0.1, 0.15) is 11.1 Å². The summed E-state index contributed by atoms with van der Waals surface area (Å²) in [5.74, 6) is 1.07. The van der Waals surface area contributed by atoms with Crippen LogP contribution in [0.3, 0.4) is 0 Å². The van der Waals surface area contributed by atoms with Gasteiger partial charge in [-0.1, -0.05) is 88.7 Å². The van der Waals surface area contributed by atoms with Crippen molar-refractivity contribution >= 4 is 15.9 Å². The first-order valence-corrected chi connectivity index (χ1v) is 10.5. The fourth-order valence-electron chi connectivity index (χ4n) is 3.62. The largest absolute Gasteiger partial charge is 0.496 e. The first-order valence-electron chi connectivity index (χ1n) is 9.70. The normalized spacial score (nSPS) is 16.1. The quantitative estimate of drug-likeness (QED) is 0.483. The lowest BCUT2D eigenvalue weighted by Crippen LogP contribution is -2.34. The fraction of sp³-hybridized carbons (Fsp3) is 0.200. The summed E-state index contributed by atoms with van der Waals surface area (Å²) in [5, 5.41) is 0. The van der Waals surface area contributed by atoms with Gasteiger partial charge in [0.05, 0.1) is 6.54 Å². The second-order valence-electron chi connectivity index (χ2n) is 7.06. The van der Waals surface area contributed by atoms with Gasteiger partial charge in [0.2, 0.25) is 0 Å². The number of hydrogen-bond acceptors (Lipinski definition) is 2. The molecule has 28 heavy (non-hydrogen) atoms. The van der Waals surface area contributed by atoms with Gasteiger partial charge in [0.1, 0.15) is 12.4 Å². The summed E-state index contributed by atoms with van der Waals surface area (Å²) in [6.45, 7) is 3.56. The molecule has 0 bridgehead atoms. The first kappa shape index (κ1) is 19.0. The minimum absolute atomic E-state index is 0.755. The van der Waals surface area contributed by atoms with Crippen LogP contribution in [-0.4, -0.2) is 24.6 Å². The van der Waals surface area contributed by atoms with Gasteiger partial charge in [0.15, 0.2) is 0 Å². The second-order valence-corrected chi connectivity index (χ2v) is 7.91. The maximum atomic E-state index is 5.95. The predicted octanol–water partition coefficient (Wildman–Crippen LogP) is 6.07. The average Bonchev–Trinajstić information content (AvgIpc) is 2.74. The average molecular weight is 434 g/mol. The van der Waals surface area contributed by atoms with Gasteiger partial charge in [-0.15, -0.1) is 0 Å². The number of ether oxygens (including phenoxy) is 1. The van der Waals surface area contributed by atoms with Crippen LogP contribution in [-0.2, 0) is 17.7 Å². The third-order valence-electron chi connectivity index (χ3n) is 5.05. The summed E-state index contributed by atoms with van der Waals surface area (Å²) in [6.07, 6.45) is 3.11. The first-order chi connectivity index (χ1) is 13.8. The molecule has 0 saturated carbocycles. The van der Waals surface area contributed by atoms with Gasteiger partial charge in [-0.3, -0.25) is 4.90 Å². The summed E-state index contributed by atoms with van der Waals surface area (Å²) < 4.78 is 7.07. The molecule has 0 N–H and O–H groups in total. The Bertz CT molecular complexity index is 952. The van der Waals surface area contributed by atoms with E-state index in [1.54, 1.807) is 0 Å². The number of rotatable bonds is 5. The molecule has 0 radical (unpaired) electrons. The van der Waals surface area contributed by atoms with Crippen molar-refractivity contribution in [2.75, 3.05) is 19.7 Å². The van der Waals surface area contributed by atoms with E-state index in [9.17, 15) is 0 Å². The zero-order chi connectivity index (χ0) is 19.2. The second kappa shape index (κ2) is 9.22. The molecule has 1 heterocycles. The van der Waals surface area contributed by atoms with E-state index in [1.165, 1.54) is 22.3 Å². The lowest BCUT2D eigenvalue weighted by molar-refractivity contribution is 0.0889. The third-order valence-corrected chi connectivity index (χ3v) is 5.75. The Morgan fingerprint density at radius 3 is 2.39 bits per heavy atom. The monoisotopic (exact) mass is 433 g/mol. The van der Waals surface area contributed by atoms with Gasteiger partial charge in [0, 0.05) is 17.6 Å². The van der Waals surface area contributed by atoms with E-state index in [0.29, 0.717) is 0 Å². The summed E-state index contributed by atoms with van der Waals surface area (Å²) >= 11 is 3.69. The van der Waals surface area contributed by atoms with Gasteiger partial charge in [-0.05, 0) is 40.8 Å².